The number of nitrogens with one attached hydrogen (secondary N) is 1. The first-order valence-corrected chi connectivity index (χ1v) is 8.75. The molecule has 1 aromatic heterocycles. The van der Waals surface area contributed by atoms with Crippen molar-refractivity contribution in [3.8, 4) is 0 Å². The molecule has 1 amide bonds. The minimum Gasteiger partial charge on any atom is -0.619 e. The molecule has 2 atom stereocenters. The predicted octanol–water partition coefficient (Wildman–Crippen LogP) is 3.20. The third-order valence-electron chi connectivity index (χ3n) is 4.36. The van der Waals surface area contributed by atoms with E-state index in [2.05, 4.69) is 5.32 Å². The van der Waals surface area contributed by atoms with Crippen LogP contribution in [0.2, 0.25) is 0 Å². The lowest BCUT2D eigenvalue weighted by molar-refractivity contribution is -0.605. The van der Waals surface area contributed by atoms with Crippen LogP contribution >= 0.6 is 0 Å². The van der Waals surface area contributed by atoms with E-state index in [0.717, 1.165) is 12.3 Å². The Morgan fingerprint density at radius 2 is 1.93 bits per heavy atom. The average Bonchev–Trinajstić information content (AvgIpc) is 2.60. The Morgan fingerprint density at radius 3 is 2.54 bits per heavy atom. The molecule has 150 valence electrons. The first-order valence-electron chi connectivity index (χ1n) is 8.75. The third kappa shape index (κ3) is 4.53. The summed E-state index contributed by atoms with van der Waals surface area (Å²) in [6, 6.07) is 6.46. The highest BCUT2D eigenvalue weighted by atomic mass is 19.4. The van der Waals surface area contributed by atoms with Gasteiger partial charge in [-0.2, -0.15) is 17.9 Å². The van der Waals surface area contributed by atoms with Crippen LogP contribution in [-0.2, 0) is 10.9 Å². The molecule has 0 spiro atoms. The number of nitrogens with zero attached hydrogens (tertiary/aromatic N) is 2. The van der Waals surface area contributed by atoms with Gasteiger partial charge in [-0.15, -0.1) is 0 Å². The van der Waals surface area contributed by atoms with E-state index in [1.807, 2.05) is 13.8 Å². The highest BCUT2D eigenvalue weighted by molar-refractivity contribution is 6.04. The number of amides is 1. The van der Waals surface area contributed by atoms with Gasteiger partial charge in [0.05, 0.1) is 17.8 Å². The lowest BCUT2D eigenvalue weighted by Crippen LogP contribution is -2.46. The minimum atomic E-state index is -4.59. The van der Waals surface area contributed by atoms with Gasteiger partial charge in [0.25, 0.3) is 5.91 Å². The Kier molecular flexibility index (Phi) is 5.46. The molecule has 6 nitrogen and oxygen atoms in total. The van der Waals surface area contributed by atoms with Crippen molar-refractivity contribution in [2.45, 2.75) is 32.2 Å². The van der Waals surface area contributed by atoms with E-state index in [1.165, 1.54) is 30.5 Å². The van der Waals surface area contributed by atoms with Gasteiger partial charge in [-0.3, -0.25) is 4.79 Å². The zero-order valence-electron chi connectivity index (χ0n) is 15.4. The highest BCUT2D eigenvalue weighted by Gasteiger charge is 2.36. The molecule has 0 aliphatic carbocycles. The number of morpholine rings is 1. The number of carbonyl (C=O) groups is 1. The second kappa shape index (κ2) is 7.67. The van der Waals surface area contributed by atoms with E-state index in [1.54, 1.807) is 4.90 Å². The van der Waals surface area contributed by atoms with Crippen molar-refractivity contribution >= 4 is 17.3 Å². The molecular weight excluding hydrogens is 375 g/mol. The Bertz CT molecular complexity index is 863. The van der Waals surface area contributed by atoms with E-state index in [9.17, 15) is 23.2 Å². The highest BCUT2D eigenvalue weighted by Crippen LogP contribution is 2.39. The van der Waals surface area contributed by atoms with E-state index in [4.69, 9.17) is 4.74 Å². The molecule has 0 bridgehead atoms. The normalized spacial score (nSPS) is 20.1. The van der Waals surface area contributed by atoms with Crippen LogP contribution in [0.4, 0.5) is 24.5 Å². The molecule has 2 aromatic rings. The number of alkyl halides is 3. The summed E-state index contributed by atoms with van der Waals surface area (Å²) in [5.41, 5.74) is -0.745. The van der Waals surface area contributed by atoms with Crippen molar-refractivity contribution in [1.82, 2.24) is 0 Å². The SMILES string of the molecule is C[C@@H]1CN(c2ccc(NC(=O)c3ccc[n+]([O-])c3)cc2C(F)(F)F)C[C@@H](C)O1. The number of hydrogen-bond acceptors (Lipinski definition) is 4. The van der Waals surface area contributed by atoms with Crippen LogP contribution in [0.25, 0.3) is 0 Å². The standard InChI is InChI=1S/C19H20F3N3O3/c1-12-9-24(10-13(2)28-12)17-6-5-15(8-16(17)19(20,21)22)23-18(26)14-4-3-7-25(27)11-14/h3-8,11-13H,9-10H2,1-2H3,(H,23,26)/t12-,13-/m1/s1. The van der Waals surface area contributed by atoms with Gasteiger partial charge >= 0.3 is 6.18 Å². The second-order valence-electron chi connectivity index (χ2n) is 6.80. The number of hydrogen-bond donors (Lipinski definition) is 1. The minimum absolute atomic E-state index is 0.00302. The maximum Gasteiger partial charge on any atom is 0.418 e. The number of ether oxygens (including phenoxy) is 1. The summed E-state index contributed by atoms with van der Waals surface area (Å²) < 4.78 is 47.1. The lowest BCUT2D eigenvalue weighted by Gasteiger charge is -2.38. The predicted molar refractivity (Wildman–Crippen MR) is 97.0 cm³/mol. The van der Waals surface area contributed by atoms with Gasteiger partial charge < -0.3 is 20.2 Å². The molecule has 3 rings (SSSR count). The molecule has 1 aliphatic rings. The molecule has 1 fully saturated rings. The Morgan fingerprint density at radius 1 is 1.25 bits per heavy atom. The van der Waals surface area contributed by atoms with Crippen molar-refractivity contribution in [3.05, 3.63) is 59.1 Å². The van der Waals surface area contributed by atoms with Gasteiger partial charge in [0.2, 0.25) is 0 Å². The first kappa shape index (κ1) is 19.9. The van der Waals surface area contributed by atoms with Crippen LogP contribution in [-0.4, -0.2) is 31.2 Å². The molecule has 0 saturated carbocycles. The molecule has 1 N–H and O–H groups in total. The number of pyridine rings is 1. The van der Waals surface area contributed by atoms with Crippen LogP contribution in [0.3, 0.4) is 0 Å². The fourth-order valence-electron chi connectivity index (χ4n) is 3.28. The molecule has 1 aromatic carbocycles. The van der Waals surface area contributed by atoms with Gasteiger partial charge in [-0.25, -0.2) is 0 Å². The molecule has 0 radical (unpaired) electrons. The topological polar surface area (TPSA) is 68.5 Å². The number of halogens is 3. The summed E-state index contributed by atoms with van der Waals surface area (Å²) in [7, 11) is 0. The first-order chi connectivity index (χ1) is 13.1. The van der Waals surface area contributed by atoms with Gasteiger partial charge in [0.1, 0.15) is 5.56 Å². The van der Waals surface area contributed by atoms with Crippen molar-refractivity contribution in [1.29, 1.82) is 0 Å². The second-order valence-corrected chi connectivity index (χ2v) is 6.80. The third-order valence-corrected chi connectivity index (χ3v) is 4.36. The summed E-state index contributed by atoms with van der Waals surface area (Å²) in [4.78, 5) is 13.9. The monoisotopic (exact) mass is 395 g/mol. The zero-order chi connectivity index (χ0) is 20.5. The van der Waals surface area contributed by atoms with Crippen molar-refractivity contribution in [2.24, 2.45) is 0 Å². The van der Waals surface area contributed by atoms with Crippen LogP contribution in [0.5, 0.6) is 0 Å². The Balaban J connectivity index is 1.89. The summed E-state index contributed by atoms with van der Waals surface area (Å²) in [5.74, 6) is -0.667. The number of carbonyl (C=O) groups excluding carboxylic acids is 1. The van der Waals surface area contributed by atoms with E-state index >= 15 is 0 Å². The maximum absolute atomic E-state index is 13.7. The molecule has 2 heterocycles. The average molecular weight is 395 g/mol. The molecule has 0 unspecified atom stereocenters. The van der Waals surface area contributed by atoms with Crippen LogP contribution < -0.4 is 14.9 Å². The summed E-state index contributed by atoms with van der Waals surface area (Å²) >= 11 is 0. The molecule has 1 aliphatic heterocycles. The van der Waals surface area contributed by atoms with Gasteiger partial charge in [-0.1, -0.05) is 0 Å². The summed E-state index contributed by atoms with van der Waals surface area (Å²) in [6.45, 7) is 4.30. The van der Waals surface area contributed by atoms with Gasteiger partial charge in [-0.05, 0) is 38.1 Å². The van der Waals surface area contributed by atoms with E-state index < -0.39 is 17.6 Å². The summed E-state index contributed by atoms with van der Waals surface area (Å²) in [5, 5.41) is 13.7. The van der Waals surface area contributed by atoms with Crippen LogP contribution in [0, 0.1) is 5.21 Å². The molecule has 28 heavy (non-hydrogen) atoms. The number of aromatic nitrogens is 1. The van der Waals surface area contributed by atoms with Crippen LogP contribution in [0.1, 0.15) is 29.8 Å². The van der Waals surface area contributed by atoms with Crippen molar-refractivity contribution in [3.63, 3.8) is 0 Å². The number of rotatable bonds is 3. The number of benzene rings is 1. The fraction of sp³-hybridized carbons (Fsp3) is 0.368. The van der Waals surface area contributed by atoms with E-state index in [-0.39, 0.29) is 29.1 Å². The summed E-state index contributed by atoms with van der Waals surface area (Å²) in [6.07, 6.45) is -2.73. The Hall–Kier alpha value is -2.81. The fourth-order valence-corrected chi connectivity index (χ4v) is 3.28. The lowest BCUT2D eigenvalue weighted by atomic mass is 10.1. The quantitative estimate of drug-likeness (QED) is 0.640. The largest absolute Gasteiger partial charge is 0.619 e. The van der Waals surface area contributed by atoms with Crippen molar-refractivity contribution in [2.75, 3.05) is 23.3 Å². The molecule has 1 saturated heterocycles. The van der Waals surface area contributed by atoms with Crippen LogP contribution in [0.15, 0.2) is 42.7 Å². The Labute approximate surface area is 160 Å². The molecular formula is C19H20F3N3O3. The zero-order valence-corrected chi connectivity index (χ0v) is 15.4. The van der Waals surface area contributed by atoms with Crippen molar-refractivity contribution < 1.29 is 27.4 Å². The molecule has 9 heteroatoms. The van der Waals surface area contributed by atoms with E-state index in [0.29, 0.717) is 17.8 Å². The smallest absolute Gasteiger partial charge is 0.418 e. The number of anilines is 2. The van der Waals surface area contributed by atoms with Gasteiger partial charge in [0.15, 0.2) is 12.4 Å². The maximum atomic E-state index is 13.7. The van der Waals surface area contributed by atoms with Gasteiger partial charge in [0, 0.05) is 30.5 Å².